The van der Waals surface area contributed by atoms with Crippen molar-refractivity contribution in [3.05, 3.63) is 76.8 Å². The predicted molar refractivity (Wildman–Crippen MR) is 141 cm³/mol. The van der Waals surface area contributed by atoms with Crippen molar-refractivity contribution >= 4 is 40.6 Å². The summed E-state index contributed by atoms with van der Waals surface area (Å²) >= 11 is 6.06. The van der Waals surface area contributed by atoms with Crippen molar-refractivity contribution in [2.24, 2.45) is 0 Å². The zero-order chi connectivity index (χ0) is 28.9. The van der Waals surface area contributed by atoms with Crippen LogP contribution in [0.3, 0.4) is 0 Å². The molecule has 0 fully saturated rings. The molecule has 0 aliphatic carbocycles. The molecule has 0 radical (unpaired) electrons. The molecule has 40 heavy (non-hydrogen) atoms. The normalized spacial score (nSPS) is 13.1. The molecule has 3 aromatic rings. The standard InChI is InChI=1S/C28H24ClF3N2O6/c1-38-22-13-20(14-23(15-22)39-12-2-3-25(35)36)33-26(18-4-7-19(29)8-5-18)27(37)34-11-10-17-6-9-21(16-24(17)34)40-28(30,31)32/h4-9,13-16H,2-3,10-12H2,1H3,(H,35,36)/p+1. The van der Waals surface area contributed by atoms with Crippen LogP contribution in [0.4, 0.5) is 24.5 Å². The number of halogens is 4. The van der Waals surface area contributed by atoms with Crippen LogP contribution in [0.1, 0.15) is 24.0 Å². The lowest BCUT2D eigenvalue weighted by molar-refractivity contribution is -0.352. The van der Waals surface area contributed by atoms with E-state index in [1.165, 1.54) is 30.2 Å². The van der Waals surface area contributed by atoms with Gasteiger partial charge < -0.3 is 24.2 Å². The summed E-state index contributed by atoms with van der Waals surface area (Å²) in [5, 5.41) is 9.29. The molecule has 3 aromatic carbocycles. The number of hydrogen-bond acceptors (Lipinski definition) is 5. The minimum Gasteiger partial charge on any atom is -0.496 e. The van der Waals surface area contributed by atoms with E-state index in [0.717, 1.165) is 0 Å². The van der Waals surface area contributed by atoms with E-state index in [2.05, 4.69) is 9.73 Å². The molecule has 1 amide bonds. The Morgan fingerprint density at radius 1 is 1.02 bits per heavy atom. The van der Waals surface area contributed by atoms with Gasteiger partial charge in [-0.05, 0) is 48.7 Å². The second-order valence-corrected chi connectivity index (χ2v) is 9.23. The van der Waals surface area contributed by atoms with Crippen molar-refractivity contribution in [1.82, 2.24) is 0 Å². The lowest BCUT2D eigenvalue weighted by atomic mass is 10.1. The third kappa shape index (κ3) is 7.44. The number of nitrogens with one attached hydrogen (secondary N) is 1. The number of fused-ring (bicyclic) bond motifs is 1. The topological polar surface area (TPSA) is 99.3 Å². The number of hydrogen-bond donors (Lipinski definition) is 2. The third-order valence-electron chi connectivity index (χ3n) is 5.97. The van der Waals surface area contributed by atoms with Gasteiger partial charge in [0.2, 0.25) is 5.69 Å². The Labute approximate surface area is 232 Å². The molecule has 210 valence electrons. The van der Waals surface area contributed by atoms with E-state index < -0.39 is 24.0 Å². The molecule has 0 aromatic heterocycles. The minimum absolute atomic E-state index is 0.0505. The number of carbonyl (C=O) groups excluding carboxylic acids is 1. The average Bonchev–Trinajstić information content (AvgIpc) is 3.32. The van der Waals surface area contributed by atoms with Crippen molar-refractivity contribution in [2.45, 2.75) is 25.6 Å². The molecule has 0 atom stereocenters. The molecule has 0 saturated heterocycles. The number of benzene rings is 3. The van der Waals surface area contributed by atoms with Gasteiger partial charge in [0.25, 0.3) is 5.71 Å². The van der Waals surface area contributed by atoms with Crippen LogP contribution in [-0.4, -0.2) is 49.3 Å². The Morgan fingerprint density at radius 2 is 1.75 bits per heavy atom. The van der Waals surface area contributed by atoms with Crippen LogP contribution < -0.4 is 24.1 Å². The molecule has 12 heteroatoms. The molecular formula is C28H25ClF3N2O6+. The maximum Gasteiger partial charge on any atom is 0.573 e. The van der Waals surface area contributed by atoms with E-state index in [4.69, 9.17) is 26.2 Å². The number of alkyl halides is 3. The van der Waals surface area contributed by atoms with Crippen LogP contribution >= 0.6 is 11.6 Å². The highest BCUT2D eigenvalue weighted by Crippen LogP contribution is 2.34. The summed E-state index contributed by atoms with van der Waals surface area (Å²) < 4.78 is 53.6. The highest BCUT2D eigenvalue weighted by molar-refractivity contribution is 6.47. The van der Waals surface area contributed by atoms with Crippen molar-refractivity contribution in [1.29, 1.82) is 0 Å². The summed E-state index contributed by atoms with van der Waals surface area (Å²) in [5.41, 5.74) is 2.07. The van der Waals surface area contributed by atoms with E-state index >= 15 is 0 Å². The van der Waals surface area contributed by atoms with Crippen LogP contribution in [0.25, 0.3) is 0 Å². The summed E-state index contributed by atoms with van der Waals surface area (Å²) in [5.74, 6) is -1.04. The van der Waals surface area contributed by atoms with Crippen molar-refractivity contribution in [3.8, 4) is 17.2 Å². The number of anilines is 1. The monoisotopic (exact) mass is 577 g/mol. The van der Waals surface area contributed by atoms with Gasteiger partial charge in [0, 0.05) is 30.1 Å². The molecule has 1 aliphatic heterocycles. The molecule has 0 saturated carbocycles. The lowest BCUT2D eigenvalue weighted by Crippen LogP contribution is -2.70. The van der Waals surface area contributed by atoms with E-state index in [0.29, 0.717) is 51.9 Å². The highest BCUT2D eigenvalue weighted by Gasteiger charge is 2.35. The third-order valence-corrected chi connectivity index (χ3v) is 6.22. The van der Waals surface area contributed by atoms with Gasteiger partial charge in [-0.1, -0.05) is 17.7 Å². The number of methoxy groups -OCH3 is 1. The number of carbonyl (C=O) groups is 2. The maximum atomic E-state index is 13.9. The van der Waals surface area contributed by atoms with Crippen LogP contribution in [-0.2, 0) is 16.0 Å². The van der Waals surface area contributed by atoms with Crippen LogP contribution in [0.2, 0.25) is 5.02 Å². The van der Waals surface area contributed by atoms with Crippen molar-refractivity contribution < 1.29 is 47.1 Å². The fourth-order valence-corrected chi connectivity index (χ4v) is 4.30. The summed E-state index contributed by atoms with van der Waals surface area (Å²) in [4.78, 5) is 29.2. The van der Waals surface area contributed by atoms with Gasteiger partial charge in [0.1, 0.15) is 17.2 Å². The number of aliphatic carboxylic acids is 1. The zero-order valence-corrected chi connectivity index (χ0v) is 22.0. The van der Waals surface area contributed by atoms with Crippen LogP contribution in [0, 0.1) is 0 Å². The smallest absolute Gasteiger partial charge is 0.496 e. The fourth-order valence-electron chi connectivity index (χ4n) is 4.17. The van der Waals surface area contributed by atoms with E-state index in [9.17, 15) is 22.8 Å². The van der Waals surface area contributed by atoms with Gasteiger partial charge >= 0.3 is 18.2 Å². The molecule has 0 bridgehead atoms. The number of amides is 1. The molecule has 1 heterocycles. The van der Waals surface area contributed by atoms with Crippen molar-refractivity contribution in [2.75, 3.05) is 25.2 Å². The Balaban J connectivity index is 1.71. The average molecular weight is 578 g/mol. The number of ether oxygens (including phenoxy) is 3. The predicted octanol–water partition coefficient (Wildman–Crippen LogP) is 4.28. The van der Waals surface area contributed by atoms with E-state index in [1.54, 1.807) is 42.5 Å². The Hall–Kier alpha value is -4.25. The minimum atomic E-state index is -4.87. The molecule has 4 rings (SSSR count). The molecular weight excluding hydrogens is 553 g/mol. The molecule has 2 N–H and O–H groups in total. The first-order chi connectivity index (χ1) is 19.0. The highest BCUT2D eigenvalue weighted by atomic mass is 35.5. The second kappa shape index (κ2) is 12.3. The van der Waals surface area contributed by atoms with E-state index in [1.807, 2.05) is 0 Å². The first-order valence-corrected chi connectivity index (χ1v) is 12.5. The maximum absolute atomic E-state index is 13.9. The molecule has 8 nitrogen and oxygen atoms in total. The Morgan fingerprint density at radius 3 is 2.42 bits per heavy atom. The number of carboxylic acid groups (broad SMARTS) is 1. The Bertz CT molecular complexity index is 1430. The fraction of sp³-hybridized carbons (Fsp3) is 0.250. The molecule has 0 unspecified atom stereocenters. The first kappa shape index (κ1) is 28.8. The first-order valence-electron chi connectivity index (χ1n) is 12.2. The van der Waals surface area contributed by atoms with Gasteiger partial charge in [0.05, 0.1) is 37.1 Å². The SMILES string of the molecule is COc1cc([NH+]=C(C(=O)N2CCc3ccc(OC(F)(F)F)cc32)c2ccc(Cl)cc2)cc(OCCCC(=O)O)c1. The number of nitrogens with zero attached hydrogens (tertiary/aromatic N) is 1. The molecule has 0 spiro atoms. The van der Waals surface area contributed by atoms with Gasteiger partial charge in [-0.25, -0.2) is 0 Å². The van der Waals surface area contributed by atoms with Crippen LogP contribution in [0.15, 0.2) is 60.7 Å². The lowest BCUT2D eigenvalue weighted by Gasteiger charge is -2.18. The largest absolute Gasteiger partial charge is 0.573 e. The van der Waals surface area contributed by atoms with Crippen LogP contribution in [0.5, 0.6) is 17.2 Å². The van der Waals surface area contributed by atoms with Gasteiger partial charge in [-0.3, -0.25) is 9.59 Å². The summed E-state index contributed by atoms with van der Waals surface area (Å²) in [6.45, 7) is 0.400. The summed E-state index contributed by atoms with van der Waals surface area (Å²) in [6.07, 6.45) is -4.17. The Kier molecular flexibility index (Phi) is 8.83. The van der Waals surface area contributed by atoms with Crippen molar-refractivity contribution in [3.63, 3.8) is 0 Å². The second-order valence-electron chi connectivity index (χ2n) is 8.79. The van der Waals surface area contributed by atoms with Gasteiger partial charge in [-0.2, -0.15) is 4.99 Å². The number of rotatable bonds is 10. The summed E-state index contributed by atoms with van der Waals surface area (Å²) in [7, 11) is 1.46. The quantitative estimate of drug-likeness (QED) is 0.276. The summed E-state index contributed by atoms with van der Waals surface area (Å²) in [6, 6.07) is 15.3. The molecule has 1 aliphatic rings. The van der Waals surface area contributed by atoms with E-state index in [-0.39, 0.29) is 25.3 Å². The zero-order valence-electron chi connectivity index (χ0n) is 21.3. The van der Waals surface area contributed by atoms with Gasteiger partial charge in [-0.15, -0.1) is 13.2 Å². The van der Waals surface area contributed by atoms with Gasteiger partial charge in [0.15, 0.2) is 0 Å². The number of carboxylic acids is 1.